The van der Waals surface area contributed by atoms with Gasteiger partial charge in [0.25, 0.3) is 5.91 Å². The van der Waals surface area contributed by atoms with E-state index in [2.05, 4.69) is 39.8 Å². The molecule has 1 amide bonds. The Labute approximate surface area is 254 Å². The molecule has 2 aromatic carbocycles. The van der Waals surface area contributed by atoms with Crippen molar-refractivity contribution in [2.45, 2.75) is 68.1 Å². The second kappa shape index (κ2) is 10.9. The third-order valence-corrected chi connectivity index (χ3v) is 13.2. The summed E-state index contributed by atoms with van der Waals surface area (Å²) in [5.74, 6) is 5.65. The molecule has 0 radical (unpaired) electrons. The number of anilines is 1. The number of hydrogen-bond acceptors (Lipinski definition) is 5. The maximum atomic E-state index is 13.7. The molecule has 2 aromatic rings. The molecule has 224 valence electrons. The first-order valence-electron chi connectivity index (χ1n) is 15.4. The molecule has 6 nitrogen and oxygen atoms in total. The Bertz CT molecular complexity index is 1520. The second-order valence-corrected chi connectivity index (χ2v) is 15.9. The first-order valence-corrected chi connectivity index (χ1v) is 17.6. The Hall–Kier alpha value is -2.48. The van der Waals surface area contributed by atoms with Gasteiger partial charge in [0.2, 0.25) is 0 Å². The maximum absolute atomic E-state index is 13.7. The van der Waals surface area contributed by atoms with Crippen molar-refractivity contribution in [3.05, 3.63) is 70.3 Å². The van der Waals surface area contributed by atoms with Crippen molar-refractivity contribution in [1.82, 2.24) is 4.72 Å². The van der Waals surface area contributed by atoms with E-state index in [1.54, 1.807) is 6.07 Å². The third-order valence-electron chi connectivity index (χ3n) is 10.8. The van der Waals surface area contributed by atoms with Gasteiger partial charge in [-0.1, -0.05) is 29.8 Å². The lowest BCUT2D eigenvalue weighted by Gasteiger charge is -2.46. The number of aryl methyl sites for hydroxylation is 1. The Morgan fingerprint density at radius 2 is 2.00 bits per heavy atom. The molecule has 3 aliphatic carbocycles. The van der Waals surface area contributed by atoms with E-state index in [4.69, 9.17) is 21.1 Å². The molecule has 8 heteroatoms. The minimum Gasteiger partial charge on any atom is -0.490 e. The number of allylic oxidation sites excluding steroid dienone is 1. The zero-order valence-electron chi connectivity index (χ0n) is 24.4. The van der Waals surface area contributed by atoms with Crippen LogP contribution in [0, 0.1) is 17.8 Å². The lowest BCUT2D eigenvalue weighted by Crippen LogP contribution is -2.49. The zero-order valence-corrected chi connectivity index (χ0v) is 25.9. The van der Waals surface area contributed by atoms with Crippen molar-refractivity contribution in [2.24, 2.45) is 17.8 Å². The lowest BCUT2D eigenvalue weighted by atomic mass is 9.68. The van der Waals surface area contributed by atoms with Crippen LogP contribution < -0.4 is 14.4 Å². The number of hydrogen-bond donors (Lipinski definition) is 1. The molecule has 2 bridgehead atoms. The minimum atomic E-state index is -2.80. The molecule has 1 N–H and O–H groups in total. The van der Waals surface area contributed by atoms with Crippen LogP contribution in [0.25, 0.3) is 0 Å². The number of benzene rings is 2. The Kier molecular flexibility index (Phi) is 7.35. The molecule has 2 fully saturated rings. The molecule has 1 spiro atoms. The average molecular weight is 609 g/mol. The highest BCUT2D eigenvalue weighted by atomic mass is 35.5. The van der Waals surface area contributed by atoms with E-state index in [1.807, 2.05) is 25.3 Å². The molecule has 0 aromatic heterocycles. The topological polar surface area (TPSA) is 67.9 Å². The summed E-state index contributed by atoms with van der Waals surface area (Å²) in [5, 5.41) is 0.660. The van der Waals surface area contributed by atoms with E-state index in [-0.39, 0.29) is 28.6 Å². The predicted molar refractivity (Wildman–Crippen MR) is 170 cm³/mol. The van der Waals surface area contributed by atoms with Crippen LogP contribution in [0.4, 0.5) is 5.69 Å². The van der Waals surface area contributed by atoms with Crippen LogP contribution in [-0.2, 0) is 26.3 Å². The van der Waals surface area contributed by atoms with Gasteiger partial charge in [-0.2, -0.15) is 0 Å². The summed E-state index contributed by atoms with van der Waals surface area (Å²) in [6.07, 6.45) is 12.6. The van der Waals surface area contributed by atoms with Gasteiger partial charge in [-0.25, -0.2) is 4.21 Å². The van der Waals surface area contributed by atoms with Gasteiger partial charge in [0, 0.05) is 41.5 Å². The van der Waals surface area contributed by atoms with Crippen LogP contribution in [0.15, 0.2) is 48.6 Å². The van der Waals surface area contributed by atoms with Gasteiger partial charge in [0.15, 0.2) is 0 Å². The maximum Gasteiger partial charge on any atom is 0.262 e. The number of rotatable bonds is 1. The molecule has 42 heavy (non-hydrogen) atoms. The number of halogens is 1. The summed E-state index contributed by atoms with van der Waals surface area (Å²) in [6.45, 7) is 2.23. The lowest BCUT2D eigenvalue weighted by molar-refractivity contribution is 0.0131. The number of carbonyl (C=O) groups excluding carboxylic acids is 1. The molecule has 1 unspecified atom stereocenters. The highest BCUT2D eigenvalue weighted by Gasteiger charge is 2.45. The number of carbonyl (C=O) groups is 1. The van der Waals surface area contributed by atoms with E-state index in [9.17, 15) is 9.00 Å². The largest absolute Gasteiger partial charge is 0.490 e. The number of fused-ring (bicyclic) bond motifs is 5. The van der Waals surface area contributed by atoms with Crippen molar-refractivity contribution in [3.8, 4) is 5.75 Å². The summed E-state index contributed by atoms with van der Waals surface area (Å²) < 4.78 is 29.2. The molecular weight excluding hydrogens is 568 g/mol. The average Bonchev–Trinajstić information content (AvgIpc) is 3.07. The summed E-state index contributed by atoms with van der Waals surface area (Å²) in [7, 11) is -0.985. The summed E-state index contributed by atoms with van der Waals surface area (Å²) >= 11 is 6.42. The molecule has 5 aliphatic rings. The highest BCUT2D eigenvalue weighted by molar-refractivity contribution is 7.99. The number of methoxy groups -OCH3 is 1. The van der Waals surface area contributed by atoms with E-state index in [0.717, 1.165) is 80.9 Å². The fourth-order valence-electron chi connectivity index (χ4n) is 8.18. The summed E-state index contributed by atoms with van der Waals surface area (Å²) in [4.78, 5) is 16.0. The number of nitrogens with one attached hydrogen (secondary N) is 1. The second-order valence-electron chi connectivity index (χ2n) is 13.2. The zero-order chi connectivity index (χ0) is 29.1. The smallest absolute Gasteiger partial charge is 0.262 e. The van der Waals surface area contributed by atoms with Crippen LogP contribution in [0.5, 0.6) is 5.75 Å². The van der Waals surface area contributed by atoms with Crippen molar-refractivity contribution in [3.63, 3.8) is 0 Å². The van der Waals surface area contributed by atoms with Crippen LogP contribution in [0.3, 0.4) is 0 Å². The molecule has 0 saturated heterocycles. The SMILES string of the molecule is C=S1(=O)NC(=O)c2ccc3c(c2)N(C[C@@H]2CC[C@H]2[C@@H](OC)/C=C/C[C@H]2CC[C@@H]21)C[C@@]1(CCCc2cc(Cl)ccc21)CO3. The molecule has 2 saturated carbocycles. The molecule has 7 rings (SSSR count). The number of amides is 1. The van der Waals surface area contributed by atoms with E-state index < -0.39 is 9.71 Å². The standard InChI is InChI=1S/C34H41ClN2O4S/c1-40-30-7-3-5-22-10-15-32(22)42(2,39)36-33(38)24-9-14-31-29(18-24)37(19-25-8-12-27(25)30)20-34(21-41-31)16-4-6-23-17-26(35)11-13-28(23)34/h3,7,9,11,13-14,17-18,22,25,27,30,32H,2,4-6,8,10,12,15-16,19-21H2,1H3,(H,36,38,39)/b7-3+/t22-,25-,27+,30-,32-,34-,42?/m0/s1. The van der Waals surface area contributed by atoms with Gasteiger partial charge in [-0.15, -0.1) is 0 Å². The third kappa shape index (κ3) is 4.95. The first-order chi connectivity index (χ1) is 20.3. The summed E-state index contributed by atoms with van der Waals surface area (Å²) in [6, 6.07) is 12.0. The Balaban J connectivity index is 1.30. The van der Waals surface area contributed by atoms with Crippen molar-refractivity contribution >= 4 is 38.8 Å². The fraction of sp³-hybridized carbons (Fsp3) is 0.529. The summed E-state index contributed by atoms with van der Waals surface area (Å²) in [5.41, 5.74) is 3.88. The van der Waals surface area contributed by atoms with Crippen LogP contribution in [0.2, 0.25) is 5.02 Å². The molecule has 7 atom stereocenters. The Morgan fingerprint density at radius 3 is 2.76 bits per heavy atom. The van der Waals surface area contributed by atoms with Crippen LogP contribution in [-0.4, -0.2) is 54.1 Å². The molecular formula is C34H41ClN2O4S. The van der Waals surface area contributed by atoms with E-state index in [0.29, 0.717) is 24.0 Å². The monoisotopic (exact) mass is 608 g/mol. The quantitative estimate of drug-likeness (QED) is 0.320. The van der Waals surface area contributed by atoms with Gasteiger partial charge in [-0.05, 0) is 116 Å². The van der Waals surface area contributed by atoms with Crippen molar-refractivity contribution in [1.29, 1.82) is 0 Å². The predicted octanol–water partition coefficient (Wildman–Crippen LogP) is 5.95. The highest BCUT2D eigenvalue weighted by Crippen LogP contribution is 2.47. The molecule has 2 heterocycles. The van der Waals surface area contributed by atoms with E-state index in [1.165, 1.54) is 11.1 Å². The van der Waals surface area contributed by atoms with Gasteiger partial charge < -0.3 is 14.4 Å². The van der Waals surface area contributed by atoms with Gasteiger partial charge in [0.1, 0.15) is 5.75 Å². The number of ether oxygens (including phenoxy) is 2. The van der Waals surface area contributed by atoms with Crippen LogP contribution in [0.1, 0.15) is 66.4 Å². The molecule has 2 aliphatic heterocycles. The fourth-order valence-corrected chi connectivity index (χ4v) is 10.3. The van der Waals surface area contributed by atoms with Gasteiger partial charge >= 0.3 is 0 Å². The minimum absolute atomic E-state index is 0.0551. The van der Waals surface area contributed by atoms with Gasteiger partial charge in [0.05, 0.1) is 28.1 Å². The normalized spacial score (nSPS) is 36.6. The number of nitrogens with zero attached hydrogens (tertiary/aromatic N) is 1. The Morgan fingerprint density at radius 1 is 1.14 bits per heavy atom. The van der Waals surface area contributed by atoms with Crippen molar-refractivity contribution in [2.75, 3.05) is 31.7 Å². The van der Waals surface area contributed by atoms with Gasteiger partial charge in [-0.3, -0.25) is 9.52 Å². The van der Waals surface area contributed by atoms with Crippen molar-refractivity contribution < 1.29 is 18.5 Å². The first kappa shape index (κ1) is 28.3. The van der Waals surface area contributed by atoms with Crippen LogP contribution >= 0.6 is 11.6 Å². The van der Waals surface area contributed by atoms with E-state index >= 15 is 0 Å².